The van der Waals surface area contributed by atoms with Crippen LogP contribution in [0.15, 0.2) is 42.6 Å². The van der Waals surface area contributed by atoms with Gasteiger partial charge in [-0.3, -0.25) is 9.47 Å². The van der Waals surface area contributed by atoms with Crippen molar-refractivity contribution in [1.82, 2.24) is 29.7 Å². The maximum Gasteiger partial charge on any atom is 0.317 e. The second-order valence-corrected chi connectivity index (χ2v) is 8.63. The highest BCUT2D eigenvalue weighted by atomic mass is 19.1. The van der Waals surface area contributed by atoms with Crippen LogP contribution in [0.25, 0.3) is 16.9 Å². The third-order valence-electron chi connectivity index (χ3n) is 5.06. The second-order valence-electron chi connectivity index (χ2n) is 8.63. The molecule has 2 amide bonds. The van der Waals surface area contributed by atoms with E-state index in [4.69, 9.17) is 4.98 Å². The molecule has 4 rings (SSSR count). The largest absolute Gasteiger partial charge is 0.333 e. The molecule has 1 saturated heterocycles. The molecular weight excluding hydrogens is 383 g/mol. The number of nitrogens with zero attached hydrogens (tertiary/aromatic N) is 5. The molecule has 1 N–H and O–H groups in total. The smallest absolute Gasteiger partial charge is 0.317 e. The van der Waals surface area contributed by atoms with Gasteiger partial charge >= 0.3 is 6.03 Å². The number of halogens is 1. The SMILES string of the molecule is CC(C)(C)NC(=O)N1CCN(Cc2nc3cccnc3n2-c2cccc(F)c2)CC1. The second kappa shape index (κ2) is 8.02. The Kier molecular flexibility index (Phi) is 5.42. The molecule has 1 aliphatic heterocycles. The highest BCUT2D eigenvalue weighted by Crippen LogP contribution is 2.22. The van der Waals surface area contributed by atoms with Crippen LogP contribution in [0.4, 0.5) is 9.18 Å². The van der Waals surface area contributed by atoms with E-state index in [1.807, 2.05) is 48.4 Å². The van der Waals surface area contributed by atoms with Crippen LogP contribution in [0, 0.1) is 5.82 Å². The predicted octanol–water partition coefficient (Wildman–Crippen LogP) is 3.19. The summed E-state index contributed by atoms with van der Waals surface area (Å²) in [6, 6.07) is 10.2. The molecule has 1 aliphatic rings. The molecule has 2 aromatic heterocycles. The lowest BCUT2D eigenvalue weighted by Crippen LogP contribution is -2.54. The number of hydrogen-bond acceptors (Lipinski definition) is 4. The molecule has 1 aromatic carbocycles. The van der Waals surface area contributed by atoms with Crippen LogP contribution in [0.3, 0.4) is 0 Å². The summed E-state index contributed by atoms with van der Waals surface area (Å²) in [4.78, 5) is 25.7. The van der Waals surface area contributed by atoms with Gasteiger partial charge in [-0.15, -0.1) is 0 Å². The summed E-state index contributed by atoms with van der Waals surface area (Å²) < 4.78 is 15.8. The van der Waals surface area contributed by atoms with Crippen LogP contribution < -0.4 is 5.32 Å². The standard InChI is InChI=1S/C22H27FN6O/c1-22(2,3)26-21(30)28-12-10-27(11-13-28)15-19-25-18-8-5-9-24-20(18)29(19)17-7-4-6-16(23)14-17/h4-9,14H,10-13,15H2,1-3H3,(H,26,30). The van der Waals surface area contributed by atoms with E-state index < -0.39 is 0 Å². The molecule has 3 heterocycles. The number of carbonyl (C=O) groups is 1. The van der Waals surface area contributed by atoms with Gasteiger partial charge in [-0.25, -0.2) is 19.2 Å². The minimum absolute atomic E-state index is 0.0293. The Morgan fingerprint density at radius 3 is 2.60 bits per heavy atom. The van der Waals surface area contributed by atoms with Gasteiger partial charge in [-0.05, 0) is 51.1 Å². The Morgan fingerprint density at radius 1 is 1.13 bits per heavy atom. The molecule has 1 fully saturated rings. The molecule has 0 saturated carbocycles. The number of carbonyl (C=O) groups excluding carboxylic acids is 1. The van der Waals surface area contributed by atoms with Crippen molar-refractivity contribution in [3.63, 3.8) is 0 Å². The molecule has 30 heavy (non-hydrogen) atoms. The maximum absolute atomic E-state index is 13.9. The first-order chi connectivity index (χ1) is 14.3. The molecule has 0 aliphatic carbocycles. The molecule has 158 valence electrons. The van der Waals surface area contributed by atoms with Gasteiger partial charge in [-0.2, -0.15) is 0 Å². The Bertz CT molecular complexity index is 1050. The van der Waals surface area contributed by atoms with Crippen molar-refractivity contribution in [1.29, 1.82) is 0 Å². The van der Waals surface area contributed by atoms with Crippen molar-refractivity contribution in [2.24, 2.45) is 0 Å². The molecule has 0 atom stereocenters. The Morgan fingerprint density at radius 2 is 1.90 bits per heavy atom. The van der Waals surface area contributed by atoms with Gasteiger partial charge in [-0.1, -0.05) is 6.07 Å². The third kappa shape index (κ3) is 4.43. The number of aromatic nitrogens is 3. The summed E-state index contributed by atoms with van der Waals surface area (Å²) in [5.41, 5.74) is 1.94. The van der Waals surface area contributed by atoms with Crippen molar-refractivity contribution in [3.8, 4) is 5.69 Å². The van der Waals surface area contributed by atoms with Crippen LogP contribution in [-0.2, 0) is 6.54 Å². The summed E-state index contributed by atoms with van der Waals surface area (Å²) in [6.45, 7) is 9.33. The van der Waals surface area contributed by atoms with Gasteiger partial charge in [0.2, 0.25) is 0 Å². The van der Waals surface area contributed by atoms with Gasteiger partial charge in [0.25, 0.3) is 0 Å². The Hall–Kier alpha value is -3.00. The first kappa shape index (κ1) is 20.3. The minimum atomic E-state index is -0.297. The first-order valence-electron chi connectivity index (χ1n) is 10.2. The fourth-order valence-corrected chi connectivity index (χ4v) is 3.66. The van der Waals surface area contributed by atoms with Crippen molar-refractivity contribution >= 4 is 17.2 Å². The predicted molar refractivity (Wildman–Crippen MR) is 114 cm³/mol. The number of benzene rings is 1. The first-order valence-corrected chi connectivity index (χ1v) is 10.2. The zero-order valence-electron chi connectivity index (χ0n) is 17.6. The summed E-state index contributed by atoms with van der Waals surface area (Å²) in [5, 5.41) is 3.02. The van der Waals surface area contributed by atoms with E-state index in [2.05, 4.69) is 15.2 Å². The van der Waals surface area contributed by atoms with E-state index in [0.29, 0.717) is 31.0 Å². The fraction of sp³-hybridized carbons (Fsp3) is 0.409. The van der Waals surface area contributed by atoms with Gasteiger partial charge in [0.1, 0.15) is 17.2 Å². The zero-order valence-corrected chi connectivity index (χ0v) is 17.6. The lowest BCUT2D eigenvalue weighted by molar-refractivity contribution is 0.129. The molecule has 8 heteroatoms. The highest BCUT2D eigenvalue weighted by Gasteiger charge is 2.25. The van der Waals surface area contributed by atoms with E-state index in [1.54, 1.807) is 12.3 Å². The van der Waals surface area contributed by atoms with Gasteiger partial charge < -0.3 is 10.2 Å². The van der Waals surface area contributed by atoms with Crippen LogP contribution in [0.5, 0.6) is 0 Å². The molecule has 0 bridgehead atoms. The highest BCUT2D eigenvalue weighted by molar-refractivity contribution is 5.75. The average Bonchev–Trinajstić information content (AvgIpc) is 3.05. The summed E-state index contributed by atoms with van der Waals surface area (Å²) >= 11 is 0. The van der Waals surface area contributed by atoms with Gasteiger partial charge in [0.15, 0.2) is 5.65 Å². The lowest BCUT2D eigenvalue weighted by Gasteiger charge is -2.36. The number of rotatable bonds is 3. The van der Waals surface area contributed by atoms with Crippen LogP contribution in [-0.4, -0.2) is 62.1 Å². The van der Waals surface area contributed by atoms with Gasteiger partial charge in [0, 0.05) is 37.9 Å². The average molecular weight is 410 g/mol. The van der Waals surface area contributed by atoms with Crippen molar-refractivity contribution < 1.29 is 9.18 Å². The maximum atomic E-state index is 13.9. The van der Waals surface area contributed by atoms with Crippen LogP contribution in [0.2, 0.25) is 0 Å². The number of pyridine rings is 1. The van der Waals surface area contributed by atoms with Crippen molar-refractivity contribution in [2.75, 3.05) is 26.2 Å². The molecule has 0 spiro atoms. The van der Waals surface area contributed by atoms with Crippen LogP contribution in [0.1, 0.15) is 26.6 Å². The molecular formula is C22H27FN6O. The quantitative estimate of drug-likeness (QED) is 0.720. The van der Waals surface area contributed by atoms with E-state index in [1.165, 1.54) is 12.1 Å². The molecule has 3 aromatic rings. The zero-order chi connectivity index (χ0) is 21.3. The number of urea groups is 1. The number of imidazole rings is 1. The molecule has 7 nitrogen and oxygen atoms in total. The number of hydrogen-bond donors (Lipinski definition) is 1. The number of amides is 2. The van der Waals surface area contributed by atoms with Gasteiger partial charge in [0.05, 0.1) is 12.2 Å². The normalized spacial score (nSPS) is 15.5. The summed E-state index contributed by atoms with van der Waals surface area (Å²) in [6.07, 6.45) is 1.72. The van der Waals surface area contributed by atoms with E-state index in [-0.39, 0.29) is 17.4 Å². The van der Waals surface area contributed by atoms with Crippen LogP contribution >= 0.6 is 0 Å². The lowest BCUT2D eigenvalue weighted by atomic mass is 10.1. The molecule has 0 unspecified atom stereocenters. The van der Waals surface area contributed by atoms with Crippen molar-refractivity contribution in [2.45, 2.75) is 32.9 Å². The number of fused-ring (bicyclic) bond motifs is 1. The topological polar surface area (TPSA) is 66.3 Å². The minimum Gasteiger partial charge on any atom is -0.333 e. The van der Waals surface area contributed by atoms with E-state index in [0.717, 1.165) is 24.4 Å². The van der Waals surface area contributed by atoms with Crippen molar-refractivity contribution in [3.05, 3.63) is 54.2 Å². The number of nitrogens with one attached hydrogen (secondary N) is 1. The Balaban J connectivity index is 1.53. The number of piperazine rings is 1. The van der Waals surface area contributed by atoms with E-state index in [9.17, 15) is 9.18 Å². The summed E-state index contributed by atoms with van der Waals surface area (Å²) in [7, 11) is 0. The summed E-state index contributed by atoms with van der Waals surface area (Å²) in [5.74, 6) is 0.511. The third-order valence-corrected chi connectivity index (χ3v) is 5.06. The monoisotopic (exact) mass is 410 g/mol. The Labute approximate surface area is 175 Å². The fourth-order valence-electron chi connectivity index (χ4n) is 3.66. The van der Waals surface area contributed by atoms with E-state index >= 15 is 0 Å². The molecule has 0 radical (unpaired) electrons.